The highest BCUT2D eigenvalue weighted by molar-refractivity contribution is 7.17. The van der Waals surface area contributed by atoms with E-state index < -0.39 is 0 Å². The average Bonchev–Trinajstić information content (AvgIpc) is 2.73. The van der Waals surface area contributed by atoms with E-state index in [9.17, 15) is 4.79 Å². The topological polar surface area (TPSA) is 60.5 Å². The van der Waals surface area contributed by atoms with Crippen LogP contribution in [0.15, 0.2) is 0 Å². The molecule has 0 spiro atoms. The van der Waals surface area contributed by atoms with Crippen molar-refractivity contribution in [2.45, 2.75) is 27.2 Å². The van der Waals surface area contributed by atoms with E-state index in [1.807, 2.05) is 0 Å². The molecule has 0 amide bonds. The molecule has 0 saturated heterocycles. The molecule has 5 nitrogen and oxygen atoms in total. The van der Waals surface area contributed by atoms with E-state index in [-0.39, 0.29) is 5.97 Å². The van der Waals surface area contributed by atoms with Gasteiger partial charge >= 0.3 is 5.97 Å². The maximum Gasteiger partial charge on any atom is 0.350 e. The molecular formula is C13H22N2O3S. The minimum Gasteiger partial charge on any atom is -0.465 e. The van der Waals surface area contributed by atoms with Crippen LogP contribution in [0.5, 0.6) is 0 Å². The van der Waals surface area contributed by atoms with Gasteiger partial charge in [-0.3, -0.25) is 0 Å². The lowest BCUT2D eigenvalue weighted by Crippen LogP contribution is -2.10. The van der Waals surface area contributed by atoms with E-state index in [0.717, 1.165) is 18.2 Å². The van der Waals surface area contributed by atoms with Gasteiger partial charge in [0, 0.05) is 13.2 Å². The molecule has 6 heteroatoms. The summed E-state index contributed by atoms with van der Waals surface area (Å²) in [6, 6.07) is 0. The number of anilines is 1. The monoisotopic (exact) mass is 286 g/mol. The minimum atomic E-state index is -0.337. The van der Waals surface area contributed by atoms with E-state index in [2.05, 4.69) is 28.9 Å². The number of carbonyl (C=O) groups is 1. The Morgan fingerprint density at radius 2 is 2.16 bits per heavy atom. The van der Waals surface area contributed by atoms with Crippen LogP contribution in [0.1, 0.15) is 35.6 Å². The molecule has 0 fully saturated rings. The minimum absolute atomic E-state index is 0.337. The van der Waals surface area contributed by atoms with Crippen molar-refractivity contribution in [2.75, 3.05) is 32.2 Å². The van der Waals surface area contributed by atoms with Crippen LogP contribution in [0.4, 0.5) is 5.13 Å². The molecule has 0 aliphatic rings. The summed E-state index contributed by atoms with van der Waals surface area (Å²) in [4.78, 5) is 16.2. The molecule has 0 aromatic carbocycles. The maximum atomic E-state index is 11.4. The van der Waals surface area contributed by atoms with Crippen molar-refractivity contribution >= 4 is 22.4 Å². The fourth-order valence-electron chi connectivity index (χ4n) is 1.41. The number of esters is 1. The van der Waals surface area contributed by atoms with Crippen LogP contribution in [0, 0.1) is 12.8 Å². The molecule has 0 saturated carbocycles. The molecule has 1 rings (SSSR count). The van der Waals surface area contributed by atoms with Gasteiger partial charge in [0.15, 0.2) is 5.13 Å². The molecule has 108 valence electrons. The number of hydrogen-bond donors (Lipinski definition) is 1. The lowest BCUT2D eigenvalue weighted by molar-refractivity contribution is 0.0605. The molecule has 0 unspecified atom stereocenters. The van der Waals surface area contributed by atoms with Crippen molar-refractivity contribution in [1.29, 1.82) is 0 Å². The van der Waals surface area contributed by atoms with E-state index in [0.29, 0.717) is 29.6 Å². The molecule has 1 aromatic rings. The van der Waals surface area contributed by atoms with E-state index in [1.165, 1.54) is 18.4 Å². The molecule has 1 heterocycles. The van der Waals surface area contributed by atoms with Crippen molar-refractivity contribution in [3.8, 4) is 0 Å². The van der Waals surface area contributed by atoms with Crippen molar-refractivity contribution in [3.63, 3.8) is 0 Å². The summed E-state index contributed by atoms with van der Waals surface area (Å²) < 4.78 is 10.2. The van der Waals surface area contributed by atoms with Crippen molar-refractivity contribution in [2.24, 2.45) is 5.92 Å². The summed E-state index contributed by atoms with van der Waals surface area (Å²) in [6.45, 7) is 8.25. The van der Waals surface area contributed by atoms with Gasteiger partial charge in [0.05, 0.1) is 19.4 Å². The quantitative estimate of drug-likeness (QED) is 0.588. The second-order valence-corrected chi connectivity index (χ2v) is 5.65. The third-order valence-electron chi connectivity index (χ3n) is 2.53. The van der Waals surface area contributed by atoms with Crippen LogP contribution in [-0.2, 0) is 9.47 Å². The first-order valence-corrected chi connectivity index (χ1v) is 7.23. The largest absolute Gasteiger partial charge is 0.465 e. The Balaban J connectivity index is 2.28. The summed E-state index contributed by atoms with van der Waals surface area (Å²) in [6.07, 6.45) is 1.07. The van der Waals surface area contributed by atoms with Gasteiger partial charge in [-0.2, -0.15) is 0 Å². The van der Waals surface area contributed by atoms with Crippen LogP contribution in [0.2, 0.25) is 0 Å². The standard InChI is InChI=1S/C13H22N2O3S/c1-9(2)5-7-18-8-6-14-13-15-10(3)11(19-13)12(16)17-4/h9H,5-8H2,1-4H3,(H,14,15). The zero-order valence-corrected chi connectivity index (χ0v) is 12.8. The number of aromatic nitrogens is 1. The molecule has 0 aliphatic carbocycles. The van der Waals surface area contributed by atoms with Crippen molar-refractivity contribution in [3.05, 3.63) is 10.6 Å². The van der Waals surface area contributed by atoms with Crippen LogP contribution in [-0.4, -0.2) is 37.8 Å². The fourth-order valence-corrected chi connectivity index (χ4v) is 2.32. The second-order valence-electron chi connectivity index (χ2n) is 4.65. The summed E-state index contributed by atoms with van der Waals surface area (Å²) in [5.74, 6) is 0.327. The molecule has 1 N–H and O–H groups in total. The number of hydrogen-bond acceptors (Lipinski definition) is 6. The molecule has 0 aliphatic heterocycles. The SMILES string of the molecule is COC(=O)c1sc(NCCOCCC(C)C)nc1C. The van der Waals surface area contributed by atoms with Gasteiger partial charge in [-0.1, -0.05) is 25.2 Å². The van der Waals surface area contributed by atoms with Crippen LogP contribution in [0.3, 0.4) is 0 Å². The van der Waals surface area contributed by atoms with E-state index in [1.54, 1.807) is 6.92 Å². The molecular weight excluding hydrogens is 264 g/mol. The molecule has 0 bridgehead atoms. The van der Waals surface area contributed by atoms with Crippen molar-refractivity contribution in [1.82, 2.24) is 4.98 Å². The van der Waals surface area contributed by atoms with Crippen LogP contribution < -0.4 is 5.32 Å². The lowest BCUT2D eigenvalue weighted by Gasteiger charge is -2.06. The summed E-state index contributed by atoms with van der Waals surface area (Å²) in [5.41, 5.74) is 0.695. The summed E-state index contributed by atoms with van der Waals surface area (Å²) in [5, 5.41) is 3.87. The first kappa shape index (κ1) is 15.9. The molecule has 1 aromatic heterocycles. The highest BCUT2D eigenvalue weighted by atomic mass is 32.1. The molecule has 0 atom stereocenters. The maximum absolute atomic E-state index is 11.4. The van der Waals surface area contributed by atoms with Gasteiger partial charge in [-0.05, 0) is 19.3 Å². The number of thiazole rings is 1. The Kier molecular flexibility index (Phi) is 6.80. The number of nitrogens with zero attached hydrogens (tertiary/aromatic N) is 1. The second kappa shape index (κ2) is 8.12. The zero-order chi connectivity index (χ0) is 14.3. The van der Waals surface area contributed by atoms with Gasteiger partial charge < -0.3 is 14.8 Å². The first-order valence-electron chi connectivity index (χ1n) is 6.42. The zero-order valence-electron chi connectivity index (χ0n) is 12.0. The number of rotatable bonds is 8. The smallest absolute Gasteiger partial charge is 0.350 e. The van der Waals surface area contributed by atoms with Gasteiger partial charge in [-0.25, -0.2) is 9.78 Å². The summed E-state index contributed by atoms with van der Waals surface area (Å²) >= 11 is 1.31. The molecule has 19 heavy (non-hydrogen) atoms. The third kappa shape index (κ3) is 5.57. The van der Waals surface area contributed by atoms with Gasteiger partial charge in [0.25, 0.3) is 0 Å². The van der Waals surface area contributed by atoms with Gasteiger partial charge in [-0.15, -0.1) is 0 Å². The van der Waals surface area contributed by atoms with Gasteiger partial charge in [0.1, 0.15) is 4.88 Å². The van der Waals surface area contributed by atoms with Crippen LogP contribution in [0.25, 0.3) is 0 Å². The first-order chi connectivity index (χ1) is 9.04. The Bertz CT molecular complexity index is 405. The highest BCUT2D eigenvalue weighted by Crippen LogP contribution is 2.22. The predicted molar refractivity (Wildman–Crippen MR) is 77.0 cm³/mol. The fraction of sp³-hybridized carbons (Fsp3) is 0.692. The number of methoxy groups -OCH3 is 1. The Hall–Kier alpha value is -1.14. The highest BCUT2D eigenvalue weighted by Gasteiger charge is 2.15. The number of carbonyl (C=O) groups excluding carboxylic acids is 1. The van der Waals surface area contributed by atoms with E-state index in [4.69, 9.17) is 4.74 Å². The third-order valence-corrected chi connectivity index (χ3v) is 3.62. The van der Waals surface area contributed by atoms with Crippen molar-refractivity contribution < 1.29 is 14.3 Å². The van der Waals surface area contributed by atoms with E-state index >= 15 is 0 Å². The average molecular weight is 286 g/mol. The number of aryl methyl sites for hydroxylation is 1. The van der Waals surface area contributed by atoms with Crippen LogP contribution >= 0.6 is 11.3 Å². The Labute approximate surface area is 118 Å². The number of nitrogens with one attached hydrogen (secondary N) is 1. The Morgan fingerprint density at radius 3 is 2.79 bits per heavy atom. The van der Waals surface area contributed by atoms with Gasteiger partial charge in [0.2, 0.25) is 0 Å². The normalized spacial score (nSPS) is 10.8. The number of ether oxygens (including phenoxy) is 2. The predicted octanol–water partition coefficient (Wildman–Crippen LogP) is 2.71. The molecule has 0 radical (unpaired) electrons. The lowest BCUT2D eigenvalue weighted by atomic mass is 10.1. The Morgan fingerprint density at radius 1 is 1.42 bits per heavy atom. The summed E-state index contributed by atoms with van der Waals surface area (Å²) in [7, 11) is 1.37.